The normalized spacial score (nSPS) is 10.1. The Kier molecular flexibility index (Phi) is 4.90. The highest BCUT2D eigenvalue weighted by Crippen LogP contribution is 2.28. The van der Waals surface area contributed by atoms with E-state index in [2.05, 4.69) is 0 Å². The second-order valence-electron chi connectivity index (χ2n) is 4.36. The van der Waals surface area contributed by atoms with E-state index in [-0.39, 0.29) is 35.3 Å². The van der Waals surface area contributed by atoms with Crippen LogP contribution in [0.2, 0.25) is 5.02 Å². The lowest BCUT2D eigenvalue weighted by Gasteiger charge is -2.07. The minimum Gasteiger partial charge on any atom is -0.484 e. The number of nitro groups is 1. The number of hydrogen-bond acceptors (Lipinski definition) is 4. The number of carbonyl (C=O) groups is 1. The molecule has 0 atom stereocenters. The van der Waals surface area contributed by atoms with Crippen molar-refractivity contribution in [2.45, 2.75) is 6.42 Å². The van der Waals surface area contributed by atoms with Gasteiger partial charge in [0, 0.05) is 12.5 Å². The summed E-state index contributed by atoms with van der Waals surface area (Å²) in [5, 5.41) is 10.9. The molecule has 108 valence electrons. The lowest BCUT2D eigenvalue weighted by molar-refractivity contribution is -0.384. The molecule has 21 heavy (non-hydrogen) atoms. The Morgan fingerprint density at radius 1 is 1.19 bits per heavy atom. The largest absolute Gasteiger partial charge is 0.484 e. The van der Waals surface area contributed by atoms with E-state index in [9.17, 15) is 14.9 Å². The number of ether oxygens (including phenoxy) is 1. The van der Waals surface area contributed by atoms with Gasteiger partial charge >= 0.3 is 0 Å². The summed E-state index contributed by atoms with van der Waals surface area (Å²) in [5.41, 5.74) is 0.751. The van der Waals surface area contributed by atoms with E-state index in [1.165, 1.54) is 18.2 Å². The van der Waals surface area contributed by atoms with Crippen molar-refractivity contribution >= 4 is 23.1 Å². The first-order chi connectivity index (χ1) is 10.1. The fourth-order valence-corrected chi connectivity index (χ4v) is 1.92. The molecule has 5 nitrogen and oxygen atoms in total. The molecule has 0 aliphatic heterocycles. The van der Waals surface area contributed by atoms with Gasteiger partial charge in [-0.25, -0.2) is 0 Å². The van der Waals surface area contributed by atoms with Crippen molar-refractivity contribution in [2.75, 3.05) is 6.61 Å². The van der Waals surface area contributed by atoms with Crippen LogP contribution in [0.25, 0.3) is 0 Å². The van der Waals surface area contributed by atoms with Crippen LogP contribution in [0.4, 0.5) is 5.69 Å². The summed E-state index contributed by atoms with van der Waals surface area (Å²) >= 11 is 5.89. The van der Waals surface area contributed by atoms with Crippen molar-refractivity contribution < 1.29 is 14.5 Å². The Morgan fingerprint density at radius 3 is 2.57 bits per heavy atom. The molecule has 0 radical (unpaired) electrons. The summed E-state index contributed by atoms with van der Waals surface area (Å²) in [6.45, 7) is -0.185. The molecule has 0 aliphatic carbocycles. The second kappa shape index (κ2) is 6.85. The molecule has 0 N–H and O–H groups in total. The number of halogens is 1. The molecule has 0 aliphatic rings. The van der Waals surface area contributed by atoms with E-state index in [0.717, 1.165) is 5.56 Å². The number of nitrogens with zero attached hydrogens (tertiary/aromatic N) is 1. The molecular weight excluding hydrogens is 294 g/mol. The predicted molar refractivity (Wildman–Crippen MR) is 78.8 cm³/mol. The van der Waals surface area contributed by atoms with E-state index in [0.29, 0.717) is 0 Å². The van der Waals surface area contributed by atoms with Crippen LogP contribution in [-0.4, -0.2) is 17.3 Å². The number of ketones is 1. The van der Waals surface area contributed by atoms with E-state index < -0.39 is 4.92 Å². The fourth-order valence-electron chi connectivity index (χ4n) is 1.75. The molecule has 2 aromatic rings. The van der Waals surface area contributed by atoms with Gasteiger partial charge < -0.3 is 4.74 Å². The zero-order valence-electron chi connectivity index (χ0n) is 11.0. The number of Topliss-reactive ketones (excluding diaryl/α,β-unsaturated/α-hetero) is 1. The molecule has 2 aromatic carbocycles. The van der Waals surface area contributed by atoms with Crippen LogP contribution in [0.1, 0.15) is 5.56 Å². The van der Waals surface area contributed by atoms with Crippen molar-refractivity contribution in [2.24, 2.45) is 0 Å². The van der Waals surface area contributed by atoms with Crippen LogP contribution in [0, 0.1) is 10.1 Å². The number of rotatable bonds is 6. The maximum Gasteiger partial charge on any atom is 0.273 e. The number of benzene rings is 2. The molecule has 0 unspecified atom stereocenters. The monoisotopic (exact) mass is 305 g/mol. The van der Waals surface area contributed by atoms with Gasteiger partial charge in [0.25, 0.3) is 5.69 Å². The first kappa shape index (κ1) is 15.0. The summed E-state index contributed by atoms with van der Waals surface area (Å²) < 4.78 is 5.28. The molecule has 0 heterocycles. The van der Waals surface area contributed by atoms with Crippen LogP contribution >= 0.6 is 11.6 Å². The Labute approximate surface area is 126 Å². The van der Waals surface area contributed by atoms with Crippen molar-refractivity contribution in [3.8, 4) is 5.75 Å². The smallest absolute Gasteiger partial charge is 0.273 e. The van der Waals surface area contributed by atoms with Gasteiger partial charge in [-0.3, -0.25) is 14.9 Å². The SMILES string of the molecule is O=C(COc1cc([N+](=O)[O-])ccc1Cl)Cc1ccccc1. The van der Waals surface area contributed by atoms with E-state index in [1.54, 1.807) is 0 Å². The zero-order valence-corrected chi connectivity index (χ0v) is 11.7. The third-order valence-electron chi connectivity index (χ3n) is 2.76. The van der Waals surface area contributed by atoms with E-state index in [4.69, 9.17) is 16.3 Å². The maximum atomic E-state index is 11.8. The number of nitro benzene ring substituents is 1. The summed E-state index contributed by atoms with van der Waals surface area (Å²) in [6.07, 6.45) is 0.243. The maximum absolute atomic E-state index is 11.8. The van der Waals surface area contributed by atoms with Gasteiger partial charge in [0.05, 0.1) is 16.0 Å². The highest BCUT2D eigenvalue weighted by Gasteiger charge is 2.12. The van der Waals surface area contributed by atoms with Gasteiger partial charge in [-0.2, -0.15) is 0 Å². The topological polar surface area (TPSA) is 69.4 Å². The second-order valence-corrected chi connectivity index (χ2v) is 4.77. The van der Waals surface area contributed by atoms with Crippen molar-refractivity contribution in [1.29, 1.82) is 0 Å². The summed E-state index contributed by atoms with van der Waals surface area (Å²) in [6, 6.07) is 13.1. The van der Waals surface area contributed by atoms with Crippen LogP contribution in [0.5, 0.6) is 5.75 Å². The molecule has 0 spiro atoms. The summed E-state index contributed by atoms with van der Waals surface area (Å²) in [5.74, 6) is -0.00366. The number of carbonyl (C=O) groups excluding carboxylic acids is 1. The van der Waals surface area contributed by atoms with Crippen molar-refractivity contribution in [3.63, 3.8) is 0 Å². The van der Waals surface area contributed by atoms with Crippen LogP contribution in [0.15, 0.2) is 48.5 Å². The van der Waals surface area contributed by atoms with E-state index in [1.807, 2.05) is 30.3 Å². The molecule has 6 heteroatoms. The molecule has 2 rings (SSSR count). The van der Waals surface area contributed by atoms with Crippen molar-refractivity contribution in [1.82, 2.24) is 0 Å². The Balaban J connectivity index is 1.98. The highest BCUT2D eigenvalue weighted by molar-refractivity contribution is 6.32. The minimum atomic E-state index is -0.547. The third-order valence-corrected chi connectivity index (χ3v) is 3.07. The average molecular weight is 306 g/mol. The molecule has 0 fully saturated rings. The molecule has 0 aromatic heterocycles. The standard InChI is InChI=1S/C15H12ClNO4/c16-14-7-6-12(17(19)20)9-15(14)21-10-13(18)8-11-4-2-1-3-5-11/h1-7,9H,8,10H2. The fraction of sp³-hybridized carbons (Fsp3) is 0.133. The molecule has 0 saturated heterocycles. The summed E-state index contributed by atoms with van der Waals surface area (Å²) in [7, 11) is 0. The number of non-ortho nitro benzene ring substituents is 1. The average Bonchev–Trinajstić information content (AvgIpc) is 2.47. The van der Waals surface area contributed by atoms with E-state index >= 15 is 0 Å². The lowest BCUT2D eigenvalue weighted by Crippen LogP contribution is -2.14. The predicted octanol–water partition coefficient (Wildman–Crippen LogP) is 3.44. The van der Waals surface area contributed by atoms with Gasteiger partial charge in [0.15, 0.2) is 5.78 Å². The summed E-state index contributed by atoms with van der Waals surface area (Å²) in [4.78, 5) is 22.0. The first-order valence-electron chi connectivity index (χ1n) is 6.18. The third kappa shape index (κ3) is 4.29. The molecule has 0 bridgehead atoms. The molecular formula is C15H12ClNO4. The van der Waals surface area contributed by atoms with Crippen LogP contribution in [0.3, 0.4) is 0 Å². The number of hydrogen-bond donors (Lipinski definition) is 0. The van der Waals surface area contributed by atoms with Gasteiger partial charge in [-0.15, -0.1) is 0 Å². The lowest BCUT2D eigenvalue weighted by atomic mass is 10.1. The Bertz CT molecular complexity index is 658. The van der Waals surface area contributed by atoms with Crippen LogP contribution < -0.4 is 4.74 Å². The Hall–Kier alpha value is -2.40. The van der Waals surface area contributed by atoms with Gasteiger partial charge in [-0.1, -0.05) is 41.9 Å². The highest BCUT2D eigenvalue weighted by atomic mass is 35.5. The molecule has 0 amide bonds. The molecule has 0 saturated carbocycles. The van der Waals surface area contributed by atoms with Gasteiger partial charge in [0.2, 0.25) is 0 Å². The minimum absolute atomic E-state index is 0.132. The quantitative estimate of drug-likeness (QED) is 0.605. The van der Waals surface area contributed by atoms with Crippen LogP contribution in [-0.2, 0) is 11.2 Å². The zero-order chi connectivity index (χ0) is 15.2. The van der Waals surface area contributed by atoms with Crippen molar-refractivity contribution in [3.05, 3.63) is 69.2 Å². The van der Waals surface area contributed by atoms with Gasteiger partial charge in [0.1, 0.15) is 12.4 Å². The first-order valence-corrected chi connectivity index (χ1v) is 6.56. The van der Waals surface area contributed by atoms with Gasteiger partial charge in [-0.05, 0) is 11.6 Å². The Morgan fingerprint density at radius 2 is 1.90 bits per heavy atom.